The SMILES string of the molecule is CCCCCCN1C(=O)C(=Cc2c(NCC)nc3ccccn3c2=O)SC1=S. The summed E-state index contributed by atoms with van der Waals surface area (Å²) in [4.78, 5) is 32.5. The Morgan fingerprint density at radius 2 is 2.04 bits per heavy atom. The van der Waals surface area contributed by atoms with Crippen LogP contribution < -0.4 is 10.9 Å². The second-order valence-electron chi connectivity index (χ2n) is 6.53. The van der Waals surface area contributed by atoms with E-state index in [2.05, 4.69) is 17.2 Å². The Balaban J connectivity index is 1.94. The van der Waals surface area contributed by atoms with Gasteiger partial charge in [-0.15, -0.1) is 0 Å². The molecule has 0 atom stereocenters. The summed E-state index contributed by atoms with van der Waals surface area (Å²) in [6.45, 7) is 5.33. The number of carbonyl (C=O) groups is 1. The van der Waals surface area contributed by atoms with Crippen molar-refractivity contribution in [3.8, 4) is 0 Å². The molecule has 148 valence electrons. The highest BCUT2D eigenvalue weighted by molar-refractivity contribution is 8.26. The lowest BCUT2D eigenvalue weighted by Crippen LogP contribution is -2.29. The molecular formula is C20H24N4O2S2. The van der Waals surface area contributed by atoms with Crippen LogP contribution in [0.4, 0.5) is 5.82 Å². The number of unbranched alkanes of at least 4 members (excludes halogenated alkanes) is 3. The van der Waals surface area contributed by atoms with Gasteiger partial charge in [0.15, 0.2) is 0 Å². The summed E-state index contributed by atoms with van der Waals surface area (Å²) in [7, 11) is 0. The number of hydrogen-bond acceptors (Lipinski definition) is 6. The first-order valence-corrected chi connectivity index (χ1v) is 10.8. The molecule has 8 heteroatoms. The van der Waals surface area contributed by atoms with E-state index in [1.165, 1.54) is 16.2 Å². The summed E-state index contributed by atoms with van der Waals surface area (Å²) in [6.07, 6.45) is 7.60. The van der Waals surface area contributed by atoms with Gasteiger partial charge in [-0.2, -0.15) is 0 Å². The fourth-order valence-corrected chi connectivity index (χ4v) is 4.35. The molecule has 2 aromatic rings. The Morgan fingerprint density at radius 3 is 2.79 bits per heavy atom. The molecule has 28 heavy (non-hydrogen) atoms. The second-order valence-corrected chi connectivity index (χ2v) is 8.21. The fourth-order valence-electron chi connectivity index (χ4n) is 3.06. The van der Waals surface area contributed by atoms with E-state index < -0.39 is 0 Å². The molecule has 1 N–H and O–H groups in total. The molecule has 1 amide bonds. The summed E-state index contributed by atoms with van der Waals surface area (Å²) in [5.74, 6) is 0.346. The summed E-state index contributed by atoms with van der Waals surface area (Å²) >= 11 is 6.64. The lowest BCUT2D eigenvalue weighted by molar-refractivity contribution is -0.122. The van der Waals surface area contributed by atoms with Crippen molar-refractivity contribution in [3.63, 3.8) is 0 Å². The Hall–Kier alpha value is -2.19. The lowest BCUT2D eigenvalue weighted by Gasteiger charge is -2.13. The Morgan fingerprint density at radius 1 is 1.21 bits per heavy atom. The zero-order valence-corrected chi connectivity index (χ0v) is 17.7. The number of nitrogens with zero attached hydrogens (tertiary/aromatic N) is 3. The normalized spacial score (nSPS) is 15.8. The highest BCUT2D eigenvalue weighted by Crippen LogP contribution is 2.33. The third kappa shape index (κ3) is 4.28. The molecule has 1 fully saturated rings. The molecule has 1 saturated heterocycles. The first-order chi connectivity index (χ1) is 13.6. The Labute approximate surface area is 174 Å². The molecule has 2 aromatic heterocycles. The Bertz CT molecular complexity index is 984. The molecular weight excluding hydrogens is 392 g/mol. The quantitative estimate of drug-likeness (QED) is 0.400. The van der Waals surface area contributed by atoms with Gasteiger partial charge in [-0.05, 0) is 31.6 Å². The minimum absolute atomic E-state index is 0.133. The number of fused-ring (bicyclic) bond motifs is 1. The number of thiocarbonyl (C=S) groups is 1. The molecule has 3 rings (SSSR count). The smallest absolute Gasteiger partial charge is 0.267 e. The molecule has 0 unspecified atom stereocenters. The number of nitrogens with one attached hydrogen (secondary N) is 1. The largest absolute Gasteiger partial charge is 0.370 e. The predicted molar refractivity (Wildman–Crippen MR) is 120 cm³/mol. The number of anilines is 1. The van der Waals surface area contributed by atoms with Gasteiger partial charge in [0, 0.05) is 19.3 Å². The van der Waals surface area contributed by atoms with Crippen molar-refractivity contribution in [2.24, 2.45) is 0 Å². The topological polar surface area (TPSA) is 66.7 Å². The number of thioether (sulfide) groups is 1. The minimum Gasteiger partial charge on any atom is -0.370 e. The minimum atomic E-state index is -0.213. The van der Waals surface area contributed by atoms with Crippen molar-refractivity contribution < 1.29 is 4.79 Å². The maximum Gasteiger partial charge on any atom is 0.267 e. The van der Waals surface area contributed by atoms with Crippen LogP contribution in [-0.4, -0.2) is 37.6 Å². The van der Waals surface area contributed by atoms with E-state index in [-0.39, 0.29) is 11.5 Å². The molecule has 1 aliphatic rings. The van der Waals surface area contributed by atoms with Crippen molar-refractivity contribution in [1.29, 1.82) is 0 Å². The van der Waals surface area contributed by atoms with Crippen molar-refractivity contribution in [2.75, 3.05) is 18.4 Å². The lowest BCUT2D eigenvalue weighted by atomic mass is 10.2. The van der Waals surface area contributed by atoms with Gasteiger partial charge in [0.05, 0.1) is 10.5 Å². The standard InChI is InChI=1S/C20H24N4O2S2/c1-3-5-6-8-12-24-19(26)15(28-20(24)27)13-14-17(21-4-2)22-16-10-7-9-11-23(16)18(14)25/h7,9-11,13,21H,3-6,8,12H2,1-2H3. The van der Waals surface area contributed by atoms with Gasteiger partial charge in [0.1, 0.15) is 15.8 Å². The molecule has 6 nitrogen and oxygen atoms in total. The maximum absolute atomic E-state index is 13.0. The molecule has 3 heterocycles. The molecule has 1 aliphatic heterocycles. The van der Waals surface area contributed by atoms with Gasteiger partial charge < -0.3 is 5.32 Å². The van der Waals surface area contributed by atoms with E-state index in [0.29, 0.717) is 39.3 Å². The van der Waals surface area contributed by atoms with Gasteiger partial charge in [-0.25, -0.2) is 4.98 Å². The predicted octanol–water partition coefficient (Wildman–Crippen LogP) is 3.91. The average molecular weight is 417 g/mol. The van der Waals surface area contributed by atoms with E-state index in [0.717, 1.165) is 25.7 Å². The van der Waals surface area contributed by atoms with Crippen molar-refractivity contribution in [1.82, 2.24) is 14.3 Å². The first-order valence-electron chi connectivity index (χ1n) is 9.57. The van der Waals surface area contributed by atoms with Crippen LogP contribution in [-0.2, 0) is 4.79 Å². The van der Waals surface area contributed by atoms with Crippen molar-refractivity contribution in [3.05, 3.63) is 45.2 Å². The van der Waals surface area contributed by atoms with Crippen LogP contribution >= 0.6 is 24.0 Å². The molecule has 0 aliphatic carbocycles. The van der Waals surface area contributed by atoms with Gasteiger partial charge in [-0.1, -0.05) is 56.2 Å². The number of pyridine rings is 1. The van der Waals surface area contributed by atoms with Crippen molar-refractivity contribution in [2.45, 2.75) is 39.5 Å². The van der Waals surface area contributed by atoms with Gasteiger partial charge in [0.2, 0.25) is 0 Å². The number of aromatic nitrogens is 2. The zero-order valence-electron chi connectivity index (χ0n) is 16.1. The van der Waals surface area contributed by atoms with Crippen LogP contribution in [0, 0.1) is 0 Å². The summed E-state index contributed by atoms with van der Waals surface area (Å²) < 4.78 is 2.03. The van der Waals surface area contributed by atoms with Crippen molar-refractivity contribution >= 4 is 51.7 Å². The second kappa shape index (κ2) is 9.34. The molecule has 0 spiro atoms. The van der Waals surface area contributed by atoms with Crippen LogP contribution in [0.25, 0.3) is 11.7 Å². The molecule has 0 saturated carbocycles. The summed E-state index contributed by atoms with van der Waals surface area (Å²) in [5, 5.41) is 3.13. The molecule has 0 aromatic carbocycles. The summed E-state index contributed by atoms with van der Waals surface area (Å²) in [6, 6.07) is 5.39. The highest BCUT2D eigenvalue weighted by Gasteiger charge is 2.32. The van der Waals surface area contributed by atoms with Gasteiger partial charge in [-0.3, -0.25) is 18.9 Å². The van der Waals surface area contributed by atoms with Crippen LogP contribution in [0.15, 0.2) is 34.1 Å². The third-order valence-electron chi connectivity index (χ3n) is 4.50. The average Bonchev–Trinajstić information content (AvgIpc) is 2.95. The summed E-state index contributed by atoms with van der Waals surface area (Å²) in [5.41, 5.74) is 0.718. The highest BCUT2D eigenvalue weighted by atomic mass is 32.2. The van der Waals surface area contributed by atoms with Crippen LogP contribution in [0.5, 0.6) is 0 Å². The first kappa shape index (κ1) is 20.5. The molecule has 0 radical (unpaired) electrons. The van der Waals surface area contributed by atoms with Crippen LogP contribution in [0.1, 0.15) is 45.1 Å². The van der Waals surface area contributed by atoms with Crippen LogP contribution in [0.3, 0.4) is 0 Å². The molecule has 0 bridgehead atoms. The van der Waals surface area contributed by atoms with E-state index in [1.807, 2.05) is 13.0 Å². The number of hydrogen-bond donors (Lipinski definition) is 1. The monoisotopic (exact) mass is 416 g/mol. The number of rotatable bonds is 8. The number of amides is 1. The van der Waals surface area contributed by atoms with Gasteiger partial charge in [0.25, 0.3) is 11.5 Å². The Kier molecular flexibility index (Phi) is 6.85. The number of carbonyl (C=O) groups excluding carboxylic acids is 1. The maximum atomic E-state index is 13.0. The third-order valence-corrected chi connectivity index (χ3v) is 5.88. The van der Waals surface area contributed by atoms with E-state index in [4.69, 9.17) is 12.2 Å². The van der Waals surface area contributed by atoms with E-state index in [9.17, 15) is 9.59 Å². The van der Waals surface area contributed by atoms with E-state index in [1.54, 1.807) is 29.3 Å². The van der Waals surface area contributed by atoms with Gasteiger partial charge >= 0.3 is 0 Å². The van der Waals surface area contributed by atoms with E-state index >= 15 is 0 Å². The zero-order chi connectivity index (χ0) is 20.1. The fraction of sp³-hybridized carbons (Fsp3) is 0.400. The van der Waals surface area contributed by atoms with Crippen LogP contribution in [0.2, 0.25) is 0 Å².